The number of benzene rings is 2. The number of likely N-dealkylation sites (tertiary alicyclic amines) is 1. The fraction of sp³-hybridized carbons (Fsp3) is 0.500. The van der Waals surface area contributed by atoms with Crippen molar-refractivity contribution in [3.8, 4) is 0 Å². The summed E-state index contributed by atoms with van der Waals surface area (Å²) in [6.45, 7) is 4.83. The third-order valence-electron chi connectivity index (χ3n) is 7.04. The molecule has 0 spiro atoms. The first-order valence-electron chi connectivity index (χ1n) is 13.0. The number of nitrogens with one attached hydrogen (secondary N) is 1. The van der Waals surface area contributed by atoms with Gasteiger partial charge in [-0.1, -0.05) is 13.0 Å². The van der Waals surface area contributed by atoms with Crippen LogP contribution in [-0.4, -0.2) is 47.7 Å². The molecule has 1 saturated heterocycles. The number of amides is 3. The van der Waals surface area contributed by atoms with Gasteiger partial charge in [0.05, 0.1) is 17.2 Å². The second-order valence-corrected chi connectivity index (χ2v) is 10.3. The van der Waals surface area contributed by atoms with Crippen molar-refractivity contribution >= 4 is 12.1 Å². The Morgan fingerprint density at radius 2 is 1.68 bits per heavy atom. The van der Waals surface area contributed by atoms with E-state index in [0.29, 0.717) is 36.1 Å². The molecule has 1 heterocycles. The van der Waals surface area contributed by atoms with Gasteiger partial charge in [0.15, 0.2) is 0 Å². The quantitative estimate of drug-likeness (QED) is 0.355. The van der Waals surface area contributed by atoms with Gasteiger partial charge in [0.1, 0.15) is 11.9 Å². The SMILES string of the molecule is CCC(C)OC(=O)N[C@H]1CCN(C(=O)N(C)Cc2cc(C(F)(F)F)cc(C(F)(F)F)c2)[C@H](c2ccc(F)cc2C)C1. The van der Waals surface area contributed by atoms with E-state index in [1.807, 2.05) is 6.92 Å². The molecule has 226 valence electrons. The molecule has 3 rings (SSSR count). The van der Waals surface area contributed by atoms with Crippen LogP contribution in [0.25, 0.3) is 0 Å². The Morgan fingerprint density at radius 3 is 2.22 bits per heavy atom. The van der Waals surface area contributed by atoms with Crippen LogP contribution in [0.5, 0.6) is 0 Å². The minimum atomic E-state index is -5.02. The molecule has 13 heteroatoms. The summed E-state index contributed by atoms with van der Waals surface area (Å²) in [5.74, 6) is -0.492. The zero-order valence-electron chi connectivity index (χ0n) is 23.0. The molecular weight excluding hydrogens is 559 g/mol. The van der Waals surface area contributed by atoms with Gasteiger partial charge in [0.25, 0.3) is 0 Å². The second kappa shape index (κ2) is 12.6. The van der Waals surface area contributed by atoms with Gasteiger partial charge in [-0.25, -0.2) is 14.0 Å². The largest absolute Gasteiger partial charge is 0.447 e. The highest BCUT2D eigenvalue weighted by atomic mass is 19.4. The third kappa shape index (κ3) is 8.26. The van der Waals surface area contributed by atoms with Crippen molar-refractivity contribution < 1.29 is 45.1 Å². The highest BCUT2D eigenvalue weighted by Crippen LogP contribution is 2.37. The first kappa shape index (κ1) is 32.0. The number of alkyl carbamates (subject to hydrolysis) is 1. The molecule has 2 aromatic rings. The van der Waals surface area contributed by atoms with E-state index in [1.165, 1.54) is 30.1 Å². The summed E-state index contributed by atoms with van der Waals surface area (Å²) in [5, 5.41) is 2.78. The maximum absolute atomic E-state index is 13.9. The molecule has 3 atom stereocenters. The third-order valence-corrected chi connectivity index (χ3v) is 7.04. The summed E-state index contributed by atoms with van der Waals surface area (Å²) >= 11 is 0. The molecule has 0 radical (unpaired) electrons. The summed E-state index contributed by atoms with van der Waals surface area (Å²) < 4.78 is 99.1. The number of carbonyl (C=O) groups excluding carboxylic acids is 2. The lowest BCUT2D eigenvalue weighted by Gasteiger charge is -2.42. The number of rotatable bonds is 6. The Balaban J connectivity index is 1.87. The van der Waals surface area contributed by atoms with E-state index < -0.39 is 60.0 Å². The fourth-order valence-corrected chi connectivity index (χ4v) is 4.77. The monoisotopic (exact) mass is 591 g/mol. The number of halogens is 7. The number of aryl methyl sites for hydroxylation is 1. The van der Waals surface area contributed by atoms with E-state index in [1.54, 1.807) is 13.8 Å². The van der Waals surface area contributed by atoms with Crippen LogP contribution in [0.4, 0.5) is 40.3 Å². The standard InChI is InChI=1S/C28H32F7N3O3/c1-5-17(3)41-25(39)36-22-8-9-38(24(14-22)23-7-6-21(29)10-16(23)2)26(40)37(4)15-18-11-19(27(30,31)32)13-20(12-18)28(33,34)35/h6-7,10-13,17,22,24H,5,8-9,14-15H2,1-4H3,(H,36,39)/t17?,22-,24-/m0/s1. The number of urea groups is 1. The van der Waals surface area contributed by atoms with Gasteiger partial charge in [-0.3, -0.25) is 0 Å². The average Bonchev–Trinajstić information content (AvgIpc) is 2.87. The Morgan fingerprint density at radius 1 is 1.07 bits per heavy atom. The highest BCUT2D eigenvalue weighted by Gasteiger charge is 2.38. The van der Waals surface area contributed by atoms with Crippen LogP contribution in [0.2, 0.25) is 0 Å². The summed E-state index contributed by atoms with van der Waals surface area (Å²) in [6.07, 6.45) is -9.82. The molecule has 2 aromatic carbocycles. The highest BCUT2D eigenvalue weighted by molar-refractivity contribution is 5.75. The predicted octanol–water partition coefficient (Wildman–Crippen LogP) is 7.45. The topological polar surface area (TPSA) is 61.9 Å². The van der Waals surface area contributed by atoms with E-state index in [-0.39, 0.29) is 30.7 Å². The molecule has 1 aliphatic heterocycles. The molecule has 0 aromatic heterocycles. The average molecular weight is 592 g/mol. The van der Waals surface area contributed by atoms with E-state index in [0.717, 1.165) is 4.90 Å². The van der Waals surface area contributed by atoms with Crippen LogP contribution >= 0.6 is 0 Å². The molecule has 0 saturated carbocycles. The number of ether oxygens (including phenoxy) is 1. The lowest BCUT2D eigenvalue weighted by molar-refractivity contribution is -0.143. The lowest BCUT2D eigenvalue weighted by atomic mass is 9.89. The molecule has 1 unspecified atom stereocenters. The zero-order valence-corrected chi connectivity index (χ0v) is 23.0. The molecule has 6 nitrogen and oxygen atoms in total. The molecule has 3 amide bonds. The first-order valence-corrected chi connectivity index (χ1v) is 13.0. The second-order valence-electron chi connectivity index (χ2n) is 10.3. The first-order chi connectivity index (χ1) is 19.0. The van der Waals surface area contributed by atoms with Gasteiger partial charge in [-0.2, -0.15) is 26.3 Å². The smallest absolute Gasteiger partial charge is 0.416 e. The van der Waals surface area contributed by atoms with E-state index in [4.69, 9.17) is 4.74 Å². The molecule has 1 aliphatic rings. The Kier molecular flexibility index (Phi) is 9.81. The maximum atomic E-state index is 13.9. The number of piperidine rings is 1. The molecule has 1 fully saturated rings. The summed E-state index contributed by atoms with van der Waals surface area (Å²) in [4.78, 5) is 28.4. The number of hydrogen-bond donors (Lipinski definition) is 1. The number of nitrogens with zero attached hydrogens (tertiary/aromatic N) is 2. The molecule has 0 aliphatic carbocycles. The van der Waals surface area contributed by atoms with Gasteiger partial charge >= 0.3 is 24.5 Å². The van der Waals surface area contributed by atoms with Crippen molar-refractivity contribution in [1.29, 1.82) is 0 Å². The van der Waals surface area contributed by atoms with E-state index in [2.05, 4.69) is 5.32 Å². The minimum absolute atomic E-state index is 0.0305. The predicted molar refractivity (Wildman–Crippen MR) is 136 cm³/mol. The summed E-state index contributed by atoms with van der Waals surface area (Å²) in [7, 11) is 1.28. The van der Waals surface area contributed by atoms with Crippen molar-refractivity contribution in [1.82, 2.24) is 15.1 Å². The Labute approximate surface area is 233 Å². The van der Waals surface area contributed by atoms with Crippen molar-refractivity contribution in [2.45, 2.75) is 77.1 Å². The minimum Gasteiger partial charge on any atom is -0.447 e. The summed E-state index contributed by atoms with van der Waals surface area (Å²) in [6, 6.07) is 3.50. The zero-order chi connectivity index (χ0) is 30.7. The number of hydrogen-bond acceptors (Lipinski definition) is 3. The Bertz CT molecular complexity index is 1220. The van der Waals surface area contributed by atoms with Crippen LogP contribution in [0.3, 0.4) is 0 Å². The van der Waals surface area contributed by atoms with Crippen molar-refractivity contribution in [2.75, 3.05) is 13.6 Å². The van der Waals surface area contributed by atoms with Crippen LogP contribution in [0.15, 0.2) is 36.4 Å². The Hall–Kier alpha value is -3.51. The van der Waals surface area contributed by atoms with Crippen LogP contribution in [0.1, 0.15) is 67.0 Å². The van der Waals surface area contributed by atoms with E-state index >= 15 is 0 Å². The van der Waals surface area contributed by atoms with Gasteiger partial charge in [0.2, 0.25) is 0 Å². The van der Waals surface area contributed by atoms with Gasteiger partial charge in [-0.15, -0.1) is 0 Å². The van der Waals surface area contributed by atoms with Crippen LogP contribution in [-0.2, 0) is 23.6 Å². The van der Waals surface area contributed by atoms with Crippen molar-refractivity contribution in [3.05, 3.63) is 70.0 Å². The van der Waals surface area contributed by atoms with Gasteiger partial charge in [-0.05, 0) is 80.1 Å². The van der Waals surface area contributed by atoms with Crippen LogP contribution < -0.4 is 5.32 Å². The summed E-state index contributed by atoms with van der Waals surface area (Å²) in [5.41, 5.74) is -2.17. The maximum Gasteiger partial charge on any atom is 0.416 e. The number of alkyl halides is 6. The lowest BCUT2D eigenvalue weighted by Crippen LogP contribution is -2.51. The van der Waals surface area contributed by atoms with Gasteiger partial charge in [0, 0.05) is 26.2 Å². The van der Waals surface area contributed by atoms with Crippen molar-refractivity contribution in [2.24, 2.45) is 0 Å². The van der Waals surface area contributed by atoms with Crippen molar-refractivity contribution in [3.63, 3.8) is 0 Å². The molecule has 1 N–H and O–H groups in total. The normalized spacial score (nSPS) is 18.6. The number of carbonyl (C=O) groups is 2. The molecular formula is C28H32F7N3O3. The van der Waals surface area contributed by atoms with Crippen LogP contribution in [0, 0.1) is 12.7 Å². The fourth-order valence-electron chi connectivity index (χ4n) is 4.77. The molecule has 41 heavy (non-hydrogen) atoms. The molecule has 0 bridgehead atoms. The van der Waals surface area contributed by atoms with E-state index in [9.17, 15) is 40.3 Å². The van der Waals surface area contributed by atoms with Gasteiger partial charge < -0.3 is 19.9 Å².